The van der Waals surface area contributed by atoms with Gasteiger partial charge in [0.15, 0.2) is 0 Å². The summed E-state index contributed by atoms with van der Waals surface area (Å²) in [5.41, 5.74) is 6.72. The average Bonchev–Trinajstić information content (AvgIpc) is 3.17. The number of carbonyl (C=O) groups excluding carboxylic acids is 2. The molecule has 6 nitrogen and oxygen atoms in total. The van der Waals surface area contributed by atoms with Gasteiger partial charge in [-0.1, -0.05) is 31.4 Å². The molecule has 0 bridgehead atoms. The minimum atomic E-state index is -0.562. The Hall–Kier alpha value is -3.28. The summed E-state index contributed by atoms with van der Waals surface area (Å²) >= 11 is 0. The summed E-state index contributed by atoms with van der Waals surface area (Å²) in [6.07, 6.45) is 11.0. The summed E-state index contributed by atoms with van der Waals surface area (Å²) in [5, 5.41) is 8.14. The maximum absolute atomic E-state index is 12.3. The second-order valence-electron chi connectivity index (χ2n) is 9.82. The summed E-state index contributed by atoms with van der Waals surface area (Å²) in [7, 11) is 0. The largest absolute Gasteiger partial charge is 0.462 e. The molecule has 2 aromatic heterocycles. The van der Waals surface area contributed by atoms with Crippen LogP contribution in [-0.4, -0.2) is 33.6 Å². The van der Waals surface area contributed by atoms with Crippen LogP contribution >= 0.6 is 0 Å². The van der Waals surface area contributed by atoms with E-state index in [9.17, 15) is 9.59 Å². The number of ketones is 1. The number of ether oxygens (including phenoxy) is 1. The minimum Gasteiger partial charge on any atom is -0.462 e. The number of Topliss-reactive ketones (excluding diaryl/α,β-unsaturated/α-hetero) is 1. The molecule has 0 radical (unpaired) electrons. The van der Waals surface area contributed by atoms with Crippen LogP contribution in [-0.2, 0) is 22.5 Å². The highest BCUT2D eigenvalue weighted by Gasteiger charge is 2.24. The van der Waals surface area contributed by atoms with Crippen LogP contribution in [0.5, 0.6) is 0 Å². The number of hydrogen-bond donors (Lipinski definition) is 1. The van der Waals surface area contributed by atoms with Crippen molar-refractivity contribution in [2.24, 2.45) is 5.92 Å². The number of esters is 1. The van der Waals surface area contributed by atoms with E-state index in [1.165, 1.54) is 39.0 Å². The predicted octanol–water partition coefficient (Wildman–Crippen LogP) is 5.71. The van der Waals surface area contributed by atoms with Gasteiger partial charge in [0.05, 0.1) is 29.1 Å². The number of nitrogens with one attached hydrogen (secondary N) is 1. The predicted molar refractivity (Wildman–Crippen MR) is 133 cm³/mol. The van der Waals surface area contributed by atoms with Crippen molar-refractivity contribution in [3.8, 4) is 11.1 Å². The number of rotatable bonds is 6. The first-order valence-electron chi connectivity index (χ1n) is 12.3. The molecule has 1 aliphatic heterocycles. The van der Waals surface area contributed by atoms with Crippen LogP contribution in [0.3, 0.4) is 0 Å². The molecule has 0 spiro atoms. The van der Waals surface area contributed by atoms with Crippen LogP contribution in [0.4, 0.5) is 0 Å². The molecule has 5 rings (SSSR count). The van der Waals surface area contributed by atoms with Gasteiger partial charge in [0.2, 0.25) is 0 Å². The van der Waals surface area contributed by atoms with E-state index in [2.05, 4.69) is 22.9 Å². The fourth-order valence-corrected chi connectivity index (χ4v) is 5.64. The summed E-state index contributed by atoms with van der Waals surface area (Å²) in [6, 6.07) is 7.97. The molecular formula is C28H31N3O3. The number of benzene rings is 1. The maximum atomic E-state index is 12.3. The number of hydrogen-bond acceptors (Lipinski definition) is 5. The Kier molecular flexibility index (Phi) is 6.07. The fourth-order valence-electron chi connectivity index (χ4n) is 5.64. The van der Waals surface area contributed by atoms with Crippen LogP contribution in [0.25, 0.3) is 22.2 Å². The molecule has 3 aromatic rings. The maximum Gasteiger partial charge on any atom is 0.338 e. The van der Waals surface area contributed by atoms with Crippen molar-refractivity contribution in [2.45, 2.75) is 64.8 Å². The standard InChI is InChI=1S/C28H31N3O3/c1-17(29)26(18(2)32)22-13-25-27(30-14-22)24(16-31(25)15-19-6-4-3-5-7-19)20-8-9-23-21(12-20)10-11-34-28(23)33/h8-9,12-14,16,19,26,29H,3-7,10-11,15H2,1-2H3. The highest BCUT2D eigenvalue weighted by molar-refractivity contribution is 6.07. The van der Waals surface area contributed by atoms with Gasteiger partial charge >= 0.3 is 5.97 Å². The summed E-state index contributed by atoms with van der Waals surface area (Å²) in [4.78, 5) is 29.2. The fraction of sp³-hybridized carbons (Fsp3) is 0.429. The second kappa shape index (κ2) is 9.16. The molecule has 3 heterocycles. The van der Waals surface area contributed by atoms with Crippen molar-refractivity contribution in [3.63, 3.8) is 0 Å². The van der Waals surface area contributed by atoms with E-state index in [-0.39, 0.29) is 11.8 Å². The summed E-state index contributed by atoms with van der Waals surface area (Å²) < 4.78 is 7.48. The zero-order valence-corrected chi connectivity index (χ0v) is 19.9. The van der Waals surface area contributed by atoms with Crippen molar-refractivity contribution in [3.05, 3.63) is 53.3 Å². The topological polar surface area (TPSA) is 85.0 Å². The molecule has 176 valence electrons. The van der Waals surface area contributed by atoms with E-state index in [1.807, 2.05) is 12.1 Å². The first kappa shape index (κ1) is 22.5. The molecule has 1 unspecified atom stereocenters. The highest BCUT2D eigenvalue weighted by atomic mass is 16.5. The van der Waals surface area contributed by atoms with Gasteiger partial charge in [-0.05, 0) is 61.4 Å². The van der Waals surface area contributed by atoms with Crippen molar-refractivity contribution >= 4 is 28.5 Å². The Labute approximate surface area is 199 Å². The molecule has 1 aromatic carbocycles. The Bertz CT molecular complexity index is 1270. The number of carbonyl (C=O) groups is 2. The van der Waals surface area contributed by atoms with Gasteiger partial charge in [-0.15, -0.1) is 0 Å². The molecule has 1 fully saturated rings. The van der Waals surface area contributed by atoms with Crippen LogP contribution < -0.4 is 0 Å². The highest BCUT2D eigenvalue weighted by Crippen LogP contribution is 2.35. The van der Waals surface area contributed by atoms with Gasteiger partial charge in [-0.2, -0.15) is 0 Å². The van der Waals surface area contributed by atoms with Crippen molar-refractivity contribution < 1.29 is 14.3 Å². The Balaban J connectivity index is 1.62. The first-order valence-corrected chi connectivity index (χ1v) is 12.3. The molecule has 1 N–H and O–H groups in total. The van der Waals surface area contributed by atoms with Crippen LogP contribution in [0.15, 0.2) is 36.7 Å². The molecule has 1 saturated carbocycles. The Morgan fingerprint density at radius 1 is 1.18 bits per heavy atom. The van der Waals surface area contributed by atoms with E-state index < -0.39 is 5.92 Å². The minimum absolute atomic E-state index is 0.0409. The van der Waals surface area contributed by atoms with Gasteiger partial charge < -0.3 is 14.7 Å². The van der Waals surface area contributed by atoms with E-state index in [1.54, 1.807) is 13.1 Å². The van der Waals surface area contributed by atoms with Gasteiger partial charge in [-0.3, -0.25) is 9.78 Å². The number of cyclic esters (lactones) is 1. The van der Waals surface area contributed by atoms with E-state index in [0.717, 1.165) is 39.8 Å². The number of pyridine rings is 1. The third-order valence-electron chi connectivity index (χ3n) is 7.33. The van der Waals surface area contributed by atoms with Crippen molar-refractivity contribution in [1.82, 2.24) is 9.55 Å². The van der Waals surface area contributed by atoms with Gasteiger partial charge in [-0.25, -0.2) is 4.79 Å². The average molecular weight is 458 g/mol. The molecule has 0 saturated heterocycles. The second-order valence-corrected chi connectivity index (χ2v) is 9.82. The lowest BCUT2D eigenvalue weighted by Crippen LogP contribution is -2.17. The quantitative estimate of drug-likeness (QED) is 0.380. The van der Waals surface area contributed by atoms with Gasteiger partial charge in [0.25, 0.3) is 0 Å². The smallest absolute Gasteiger partial charge is 0.338 e. The normalized spacial score (nSPS) is 17.3. The lowest BCUT2D eigenvalue weighted by atomic mass is 9.89. The van der Waals surface area contributed by atoms with Crippen LogP contribution in [0.2, 0.25) is 0 Å². The zero-order chi connectivity index (χ0) is 23.8. The first-order chi connectivity index (χ1) is 16.4. The molecule has 1 atom stereocenters. The monoisotopic (exact) mass is 457 g/mol. The van der Waals surface area contributed by atoms with Gasteiger partial charge in [0.1, 0.15) is 5.78 Å². The molecule has 34 heavy (non-hydrogen) atoms. The number of fused-ring (bicyclic) bond motifs is 2. The van der Waals surface area contributed by atoms with Crippen LogP contribution in [0, 0.1) is 11.3 Å². The Morgan fingerprint density at radius 3 is 2.71 bits per heavy atom. The molecular weight excluding hydrogens is 426 g/mol. The van der Waals surface area contributed by atoms with E-state index in [0.29, 0.717) is 30.2 Å². The van der Waals surface area contributed by atoms with Crippen molar-refractivity contribution in [1.29, 1.82) is 5.41 Å². The molecule has 6 heteroatoms. The van der Waals surface area contributed by atoms with E-state index in [4.69, 9.17) is 15.1 Å². The Morgan fingerprint density at radius 2 is 1.97 bits per heavy atom. The SMILES string of the molecule is CC(=N)C(C(C)=O)c1cnc2c(-c3ccc4c(c3)CCOC4=O)cn(CC3CCCCC3)c2c1. The lowest BCUT2D eigenvalue weighted by Gasteiger charge is -2.22. The van der Waals surface area contributed by atoms with Gasteiger partial charge in [0, 0.05) is 36.6 Å². The summed E-state index contributed by atoms with van der Waals surface area (Å²) in [6.45, 7) is 4.56. The third-order valence-corrected chi connectivity index (χ3v) is 7.33. The lowest BCUT2D eigenvalue weighted by molar-refractivity contribution is -0.117. The number of aromatic nitrogens is 2. The third kappa shape index (κ3) is 4.17. The van der Waals surface area contributed by atoms with E-state index >= 15 is 0 Å². The molecule has 1 aliphatic carbocycles. The van der Waals surface area contributed by atoms with Crippen LogP contribution in [0.1, 0.15) is 73.4 Å². The van der Waals surface area contributed by atoms with Crippen molar-refractivity contribution in [2.75, 3.05) is 6.61 Å². The summed E-state index contributed by atoms with van der Waals surface area (Å²) in [5.74, 6) is -0.228. The zero-order valence-electron chi connectivity index (χ0n) is 19.9. The number of nitrogens with zero attached hydrogens (tertiary/aromatic N) is 2. The molecule has 2 aliphatic rings. The molecule has 0 amide bonds.